The van der Waals surface area contributed by atoms with Crippen molar-refractivity contribution in [3.05, 3.63) is 71.9 Å². The van der Waals surface area contributed by atoms with E-state index in [2.05, 4.69) is 15.6 Å². The summed E-state index contributed by atoms with van der Waals surface area (Å²) in [5.74, 6) is -3.07. The molecule has 1 saturated heterocycles. The maximum absolute atomic E-state index is 13.5. The van der Waals surface area contributed by atoms with Crippen LogP contribution in [-0.2, 0) is 32.0 Å². The first kappa shape index (κ1) is 27.8. The molecule has 0 bridgehead atoms. The maximum atomic E-state index is 13.5. The molecule has 0 radical (unpaired) electrons. The van der Waals surface area contributed by atoms with E-state index in [0.717, 1.165) is 26.9 Å². The Hall–Kier alpha value is -4.22. The number of amides is 3. The molecule has 1 aliphatic rings. The highest BCUT2D eigenvalue weighted by Gasteiger charge is 2.38. The van der Waals surface area contributed by atoms with Crippen molar-refractivity contribution >= 4 is 34.6 Å². The molecule has 0 aliphatic carbocycles. The Kier molecular flexibility index (Phi) is 8.95. The largest absolute Gasteiger partial charge is 0.480 e. The van der Waals surface area contributed by atoms with Crippen LogP contribution in [0.25, 0.3) is 10.9 Å². The summed E-state index contributed by atoms with van der Waals surface area (Å²) in [7, 11) is 0. The molecule has 3 aromatic rings. The highest BCUT2D eigenvalue weighted by atomic mass is 16.4. The lowest BCUT2D eigenvalue weighted by molar-refractivity contribution is -0.150. The van der Waals surface area contributed by atoms with E-state index in [0.29, 0.717) is 12.8 Å². The Morgan fingerprint density at radius 1 is 0.974 bits per heavy atom. The predicted molar refractivity (Wildman–Crippen MR) is 143 cm³/mol. The summed E-state index contributed by atoms with van der Waals surface area (Å²) in [5, 5.41) is 25.5. The number of aliphatic carboxylic acids is 1. The number of rotatable bonds is 11. The zero-order valence-electron chi connectivity index (χ0n) is 21.4. The van der Waals surface area contributed by atoms with E-state index in [4.69, 9.17) is 5.73 Å². The van der Waals surface area contributed by atoms with E-state index in [1.807, 2.05) is 54.6 Å². The van der Waals surface area contributed by atoms with Crippen molar-refractivity contribution in [3.8, 4) is 0 Å². The Bertz CT molecular complexity index is 1330. The summed E-state index contributed by atoms with van der Waals surface area (Å²) in [6.45, 7) is -0.513. The van der Waals surface area contributed by atoms with Crippen LogP contribution in [0.15, 0.2) is 60.8 Å². The number of carboxylic acids is 1. The van der Waals surface area contributed by atoms with Gasteiger partial charge in [-0.2, -0.15) is 0 Å². The number of nitrogens with one attached hydrogen (secondary N) is 3. The molecular weight excluding hydrogens is 502 g/mol. The van der Waals surface area contributed by atoms with Gasteiger partial charge >= 0.3 is 5.97 Å². The average molecular weight is 536 g/mol. The monoisotopic (exact) mass is 535 g/mol. The van der Waals surface area contributed by atoms with Crippen molar-refractivity contribution < 1.29 is 29.4 Å². The minimum absolute atomic E-state index is 0.0907. The smallest absolute Gasteiger partial charge is 0.326 e. The van der Waals surface area contributed by atoms with Gasteiger partial charge in [0.2, 0.25) is 17.7 Å². The normalized spacial score (nSPS) is 17.4. The van der Waals surface area contributed by atoms with Gasteiger partial charge in [-0.3, -0.25) is 14.4 Å². The van der Waals surface area contributed by atoms with Gasteiger partial charge in [0.25, 0.3) is 0 Å². The van der Waals surface area contributed by atoms with E-state index in [9.17, 15) is 29.4 Å². The van der Waals surface area contributed by atoms with Gasteiger partial charge in [-0.15, -0.1) is 0 Å². The van der Waals surface area contributed by atoms with Crippen molar-refractivity contribution in [2.75, 3.05) is 13.2 Å². The summed E-state index contributed by atoms with van der Waals surface area (Å²) in [6.07, 6.45) is 2.90. The first-order valence-electron chi connectivity index (χ1n) is 12.9. The number of benzene rings is 2. The lowest BCUT2D eigenvalue weighted by atomic mass is 10.0. The maximum Gasteiger partial charge on any atom is 0.326 e. The van der Waals surface area contributed by atoms with Crippen molar-refractivity contribution in [2.45, 2.75) is 49.9 Å². The summed E-state index contributed by atoms with van der Waals surface area (Å²) in [4.78, 5) is 55.4. The van der Waals surface area contributed by atoms with E-state index in [1.54, 1.807) is 6.20 Å². The summed E-state index contributed by atoms with van der Waals surface area (Å²) in [5.41, 5.74) is 8.64. The molecule has 1 fully saturated rings. The van der Waals surface area contributed by atoms with Crippen LogP contribution in [0.5, 0.6) is 0 Å². The number of H-pyrrole nitrogens is 1. The van der Waals surface area contributed by atoms with Gasteiger partial charge < -0.3 is 36.5 Å². The molecule has 39 heavy (non-hydrogen) atoms. The fraction of sp³-hybridized carbons (Fsp3) is 0.357. The number of carbonyl (C=O) groups excluding carboxylic acids is 3. The second-order valence-corrected chi connectivity index (χ2v) is 9.69. The van der Waals surface area contributed by atoms with E-state index >= 15 is 0 Å². The highest BCUT2D eigenvalue weighted by Crippen LogP contribution is 2.20. The Balaban J connectivity index is 1.52. The molecule has 3 amide bonds. The number of aromatic nitrogens is 1. The molecule has 0 saturated carbocycles. The minimum atomic E-state index is -1.36. The molecule has 4 rings (SSSR count). The zero-order chi connectivity index (χ0) is 27.9. The second kappa shape index (κ2) is 12.5. The number of aliphatic hydroxyl groups excluding tert-OH is 1. The number of aliphatic hydroxyl groups is 1. The molecular formula is C28H33N5O6. The van der Waals surface area contributed by atoms with Crippen LogP contribution in [0.1, 0.15) is 24.0 Å². The zero-order valence-corrected chi connectivity index (χ0v) is 21.4. The fourth-order valence-electron chi connectivity index (χ4n) is 4.91. The quantitative estimate of drug-likeness (QED) is 0.205. The highest BCUT2D eigenvalue weighted by molar-refractivity contribution is 5.95. The molecule has 11 nitrogen and oxygen atoms in total. The van der Waals surface area contributed by atoms with E-state index in [-0.39, 0.29) is 19.4 Å². The minimum Gasteiger partial charge on any atom is -0.480 e. The molecule has 4 unspecified atom stereocenters. The molecule has 2 heterocycles. The number of nitrogens with two attached hydrogens (primary N) is 1. The average Bonchev–Trinajstić information content (AvgIpc) is 3.59. The molecule has 2 aromatic carbocycles. The third-order valence-corrected chi connectivity index (χ3v) is 6.99. The molecule has 1 aromatic heterocycles. The predicted octanol–water partition coefficient (Wildman–Crippen LogP) is 0.318. The van der Waals surface area contributed by atoms with Gasteiger partial charge in [-0.25, -0.2) is 4.79 Å². The van der Waals surface area contributed by atoms with Crippen LogP contribution in [0.3, 0.4) is 0 Å². The fourth-order valence-corrected chi connectivity index (χ4v) is 4.91. The number of fused-ring (bicyclic) bond motifs is 1. The third kappa shape index (κ3) is 6.62. The Labute approximate surface area is 225 Å². The van der Waals surface area contributed by atoms with Crippen molar-refractivity contribution in [3.63, 3.8) is 0 Å². The van der Waals surface area contributed by atoms with Crippen LogP contribution in [0.4, 0.5) is 0 Å². The number of para-hydroxylation sites is 1. The Morgan fingerprint density at radius 3 is 2.38 bits per heavy atom. The lowest BCUT2D eigenvalue weighted by Crippen LogP contribution is -2.58. The number of nitrogens with zero attached hydrogens (tertiary/aromatic N) is 1. The summed E-state index contributed by atoms with van der Waals surface area (Å²) < 4.78 is 0. The SMILES string of the molecule is NC(Cc1ccccc1)C(=O)NC(Cc1c[nH]c2ccccc12)C(=O)NC(CO)C(=O)N1CCCC1C(=O)O. The van der Waals surface area contributed by atoms with Crippen LogP contribution in [0, 0.1) is 0 Å². The van der Waals surface area contributed by atoms with Crippen LogP contribution < -0.4 is 16.4 Å². The van der Waals surface area contributed by atoms with Gasteiger partial charge in [0.15, 0.2) is 0 Å². The number of likely N-dealkylation sites (tertiary alicyclic amines) is 1. The number of carboxylic acid groups (broad SMARTS) is 1. The van der Waals surface area contributed by atoms with E-state index in [1.165, 1.54) is 0 Å². The first-order valence-corrected chi connectivity index (χ1v) is 12.9. The second-order valence-electron chi connectivity index (χ2n) is 9.69. The third-order valence-electron chi connectivity index (χ3n) is 6.99. The number of carbonyl (C=O) groups is 4. The lowest BCUT2D eigenvalue weighted by Gasteiger charge is -2.28. The van der Waals surface area contributed by atoms with Gasteiger partial charge in [0, 0.05) is 30.1 Å². The van der Waals surface area contributed by atoms with Gasteiger partial charge in [0.05, 0.1) is 12.6 Å². The van der Waals surface area contributed by atoms with Crippen molar-refractivity contribution in [1.82, 2.24) is 20.5 Å². The molecule has 1 aliphatic heterocycles. The van der Waals surface area contributed by atoms with Crippen LogP contribution >= 0.6 is 0 Å². The molecule has 4 atom stereocenters. The number of hydrogen-bond acceptors (Lipinski definition) is 6. The first-order chi connectivity index (χ1) is 18.8. The van der Waals surface area contributed by atoms with Crippen molar-refractivity contribution in [2.24, 2.45) is 5.73 Å². The molecule has 7 N–H and O–H groups in total. The van der Waals surface area contributed by atoms with Crippen LogP contribution in [0.2, 0.25) is 0 Å². The van der Waals surface area contributed by atoms with Crippen LogP contribution in [-0.4, -0.2) is 81.1 Å². The molecule has 0 spiro atoms. The standard InChI is InChI=1S/C28H33N5O6/c29-20(13-17-7-2-1-3-8-17)25(35)31-22(14-18-15-30-21-10-5-4-9-19(18)21)26(36)32-23(16-34)27(37)33-12-6-11-24(33)28(38)39/h1-5,7-10,15,20,22-24,30,34H,6,11-14,16,29H2,(H,31,35)(H,32,36)(H,38,39). The van der Waals surface area contributed by atoms with Gasteiger partial charge in [0.1, 0.15) is 18.1 Å². The van der Waals surface area contributed by atoms with Gasteiger partial charge in [-0.1, -0.05) is 48.5 Å². The topological polar surface area (TPSA) is 178 Å². The van der Waals surface area contributed by atoms with Crippen molar-refractivity contribution in [1.29, 1.82) is 0 Å². The number of aromatic amines is 1. The summed E-state index contributed by atoms with van der Waals surface area (Å²) in [6, 6.07) is 12.3. The van der Waals surface area contributed by atoms with Gasteiger partial charge in [-0.05, 0) is 36.5 Å². The number of hydrogen-bond donors (Lipinski definition) is 6. The molecule has 11 heteroatoms. The summed E-state index contributed by atoms with van der Waals surface area (Å²) >= 11 is 0. The van der Waals surface area contributed by atoms with E-state index < -0.39 is 54.5 Å². The molecule has 206 valence electrons. The Morgan fingerprint density at radius 2 is 1.67 bits per heavy atom.